The van der Waals surface area contributed by atoms with E-state index in [0.29, 0.717) is 11.4 Å². The molecule has 0 aliphatic rings. The highest BCUT2D eigenvalue weighted by molar-refractivity contribution is 7.12. The van der Waals surface area contributed by atoms with Crippen molar-refractivity contribution < 1.29 is 4.79 Å². The van der Waals surface area contributed by atoms with Crippen molar-refractivity contribution in [2.24, 2.45) is 0 Å². The van der Waals surface area contributed by atoms with Crippen molar-refractivity contribution in [3.63, 3.8) is 0 Å². The van der Waals surface area contributed by atoms with Crippen LogP contribution in [-0.4, -0.2) is 15.5 Å². The third-order valence-corrected chi connectivity index (χ3v) is 6.19. The molecule has 1 atom stereocenters. The molecule has 148 valence electrons. The molecule has 30 heavy (non-hydrogen) atoms. The Hall–Kier alpha value is -3.44. The van der Waals surface area contributed by atoms with Crippen LogP contribution in [-0.2, 0) is 6.54 Å². The number of rotatable bonds is 5. The molecule has 1 unspecified atom stereocenters. The minimum atomic E-state index is -0.215. The van der Waals surface area contributed by atoms with E-state index in [0.717, 1.165) is 16.9 Å². The molecule has 5 aromatic rings. The molecule has 1 amide bonds. The summed E-state index contributed by atoms with van der Waals surface area (Å²) in [7, 11) is 0. The van der Waals surface area contributed by atoms with Crippen molar-refractivity contribution in [1.29, 1.82) is 0 Å². The maximum Gasteiger partial charge on any atom is 0.261 e. The minimum Gasteiger partial charge on any atom is -0.342 e. The fourth-order valence-corrected chi connectivity index (χ4v) is 4.48. The first-order chi connectivity index (χ1) is 14.7. The van der Waals surface area contributed by atoms with Gasteiger partial charge in [-0.15, -0.1) is 11.3 Å². The third-order valence-electron chi connectivity index (χ3n) is 5.32. The number of amides is 1. The van der Waals surface area contributed by atoms with Gasteiger partial charge in [-0.25, -0.2) is 4.98 Å². The number of thiophene rings is 1. The smallest absolute Gasteiger partial charge is 0.261 e. The zero-order valence-electron chi connectivity index (χ0n) is 16.6. The van der Waals surface area contributed by atoms with Crippen molar-refractivity contribution in [2.45, 2.75) is 19.5 Å². The average Bonchev–Trinajstić information content (AvgIpc) is 3.43. The lowest BCUT2D eigenvalue weighted by Crippen LogP contribution is -2.28. The SMILES string of the molecule is CC(NC(=O)c1cccs1)c1nc2ccccc2n1Cc1ccc2ccccc2c1. The van der Waals surface area contributed by atoms with Crippen molar-refractivity contribution in [3.05, 3.63) is 101 Å². The second-order valence-corrected chi connectivity index (χ2v) is 8.35. The predicted molar refractivity (Wildman–Crippen MR) is 123 cm³/mol. The van der Waals surface area contributed by atoms with Gasteiger partial charge < -0.3 is 9.88 Å². The Morgan fingerprint density at radius 3 is 2.63 bits per heavy atom. The molecule has 3 aromatic carbocycles. The van der Waals surface area contributed by atoms with Gasteiger partial charge in [0.25, 0.3) is 5.91 Å². The first kappa shape index (κ1) is 18.6. The standard InChI is InChI=1S/C25H21N3OS/c1-17(26-25(29)23-11-6-14-30-23)24-27-21-9-4-5-10-22(21)28(24)16-18-12-13-19-7-2-3-8-20(19)15-18/h2-15,17H,16H2,1H3,(H,26,29). The number of nitrogens with zero attached hydrogens (tertiary/aromatic N) is 2. The molecule has 0 saturated carbocycles. The molecule has 0 aliphatic heterocycles. The van der Waals surface area contributed by atoms with Crippen LogP contribution in [0.3, 0.4) is 0 Å². The molecule has 4 nitrogen and oxygen atoms in total. The van der Waals surface area contributed by atoms with Crippen LogP contribution in [0.5, 0.6) is 0 Å². The van der Waals surface area contributed by atoms with Crippen LogP contribution in [0.1, 0.15) is 34.0 Å². The molecule has 2 heterocycles. The van der Waals surface area contributed by atoms with Crippen LogP contribution in [0, 0.1) is 0 Å². The Morgan fingerprint density at radius 2 is 1.80 bits per heavy atom. The average molecular weight is 412 g/mol. The number of nitrogens with one attached hydrogen (secondary N) is 1. The van der Waals surface area contributed by atoms with E-state index in [1.54, 1.807) is 0 Å². The number of hydrogen-bond donors (Lipinski definition) is 1. The van der Waals surface area contributed by atoms with Gasteiger partial charge in [0.1, 0.15) is 5.82 Å². The van der Waals surface area contributed by atoms with Crippen molar-refractivity contribution in [1.82, 2.24) is 14.9 Å². The van der Waals surface area contributed by atoms with Crippen molar-refractivity contribution >= 4 is 39.0 Å². The molecule has 0 radical (unpaired) electrons. The molecular weight excluding hydrogens is 390 g/mol. The van der Waals surface area contributed by atoms with E-state index in [4.69, 9.17) is 4.98 Å². The Labute approximate surface area is 178 Å². The van der Waals surface area contributed by atoms with Crippen LogP contribution in [0.4, 0.5) is 0 Å². The summed E-state index contributed by atoms with van der Waals surface area (Å²) in [4.78, 5) is 18.1. The third kappa shape index (κ3) is 3.48. The molecule has 0 fully saturated rings. The minimum absolute atomic E-state index is 0.0678. The first-order valence-electron chi connectivity index (χ1n) is 9.96. The highest BCUT2D eigenvalue weighted by Gasteiger charge is 2.19. The predicted octanol–water partition coefficient (Wildman–Crippen LogP) is 5.79. The summed E-state index contributed by atoms with van der Waals surface area (Å²) in [5.41, 5.74) is 3.21. The Kier molecular flexibility index (Phi) is 4.81. The van der Waals surface area contributed by atoms with E-state index in [2.05, 4.69) is 58.4 Å². The quantitative estimate of drug-likeness (QED) is 0.398. The van der Waals surface area contributed by atoms with E-state index in [1.807, 2.05) is 42.6 Å². The van der Waals surface area contributed by atoms with Gasteiger partial charge in [-0.05, 0) is 52.9 Å². The summed E-state index contributed by atoms with van der Waals surface area (Å²) in [5, 5.41) is 7.47. The van der Waals surface area contributed by atoms with Crippen LogP contribution in [0.25, 0.3) is 21.8 Å². The van der Waals surface area contributed by atoms with E-state index in [-0.39, 0.29) is 11.9 Å². The molecular formula is C25H21N3OS. The molecule has 5 rings (SSSR count). The highest BCUT2D eigenvalue weighted by Crippen LogP contribution is 2.24. The second-order valence-electron chi connectivity index (χ2n) is 7.40. The lowest BCUT2D eigenvalue weighted by atomic mass is 10.1. The fourth-order valence-electron chi connectivity index (χ4n) is 3.85. The zero-order chi connectivity index (χ0) is 20.5. The number of carbonyl (C=O) groups is 1. The van der Waals surface area contributed by atoms with Gasteiger partial charge in [0.2, 0.25) is 0 Å². The van der Waals surface area contributed by atoms with Crippen LogP contribution < -0.4 is 5.32 Å². The topological polar surface area (TPSA) is 46.9 Å². The monoisotopic (exact) mass is 411 g/mol. The van der Waals surface area contributed by atoms with Gasteiger partial charge in [-0.3, -0.25) is 4.79 Å². The molecule has 0 aliphatic carbocycles. The Morgan fingerprint density at radius 1 is 1.00 bits per heavy atom. The fraction of sp³-hybridized carbons (Fsp3) is 0.120. The Bertz CT molecular complexity index is 1340. The highest BCUT2D eigenvalue weighted by atomic mass is 32.1. The number of carbonyl (C=O) groups excluding carboxylic acids is 1. The lowest BCUT2D eigenvalue weighted by Gasteiger charge is -2.16. The number of para-hydroxylation sites is 2. The van der Waals surface area contributed by atoms with Crippen LogP contribution in [0.15, 0.2) is 84.2 Å². The van der Waals surface area contributed by atoms with Gasteiger partial charge in [0, 0.05) is 6.54 Å². The van der Waals surface area contributed by atoms with E-state index < -0.39 is 0 Å². The number of imidazole rings is 1. The summed E-state index contributed by atoms with van der Waals surface area (Å²) in [5.74, 6) is 0.788. The van der Waals surface area contributed by atoms with E-state index >= 15 is 0 Å². The normalized spacial score (nSPS) is 12.3. The lowest BCUT2D eigenvalue weighted by molar-refractivity contribution is 0.0942. The van der Waals surface area contributed by atoms with Crippen LogP contribution >= 0.6 is 11.3 Å². The summed E-state index contributed by atoms with van der Waals surface area (Å²) < 4.78 is 2.21. The van der Waals surface area contributed by atoms with E-state index in [1.165, 1.54) is 27.7 Å². The summed E-state index contributed by atoms with van der Waals surface area (Å²) in [6.07, 6.45) is 0. The largest absolute Gasteiger partial charge is 0.342 e. The maximum absolute atomic E-state index is 12.6. The maximum atomic E-state index is 12.6. The van der Waals surface area contributed by atoms with Gasteiger partial charge in [-0.1, -0.05) is 54.6 Å². The molecule has 1 N–H and O–H groups in total. The van der Waals surface area contributed by atoms with Gasteiger partial charge >= 0.3 is 0 Å². The first-order valence-corrected chi connectivity index (χ1v) is 10.8. The summed E-state index contributed by atoms with van der Waals surface area (Å²) in [6, 6.07) is 26.6. The summed E-state index contributed by atoms with van der Waals surface area (Å²) in [6.45, 7) is 2.68. The molecule has 0 bridgehead atoms. The summed E-state index contributed by atoms with van der Waals surface area (Å²) >= 11 is 1.44. The number of hydrogen-bond acceptors (Lipinski definition) is 3. The number of benzene rings is 3. The van der Waals surface area contributed by atoms with E-state index in [9.17, 15) is 4.79 Å². The van der Waals surface area contributed by atoms with Crippen LogP contribution in [0.2, 0.25) is 0 Å². The number of fused-ring (bicyclic) bond motifs is 2. The van der Waals surface area contributed by atoms with Gasteiger partial charge in [0.05, 0.1) is 22.0 Å². The molecule has 5 heteroatoms. The Balaban J connectivity index is 1.52. The van der Waals surface area contributed by atoms with Crippen molar-refractivity contribution in [3.8, 4) is 0 Å². The number of aromatic nitrogens is 2. The molecule has 0 saturated heterocycles. The van der Waals surface area contributed by atoms with Crippen molar-refractivity contribution in [2.75, 3.05) is 0 Å². The molecule has 0 spiro atoms. The second kappa shape index (κ2) is 7.76. The van der Waals surface area contributed by atoms with Gasteiger partial charge in [0.15, 0.2) is 0 Å². The molecule has 2 aromatic heterocycles. The zero-order valence-corrected chi connectivity index (χ0v) is 17.4. The van der Waals surface area contributed by atoms with Gasteiger partial charge in [-0.2, -0.15) is 0 Å².